The van der Waals surface area contributed by atoms with Crippen LogP contribution in [0.15, 0.2) is 18.2 Å². The minimum Gasteiger partial charge on any atom is -0.367 e. The van der Waals surface area contributed by atoms with E-state index in [0.717, 1.165) is 25.3 Å². The lowest BCUT2D eigenvalue weighted by atomic mass is 9.89. The number of hydrogen-bond acceptors (Lipinski definition) is 4. The van der Waals surface area contributed by atoms with Crippen molar-refractivity contribution in [1.82, 2.24) is 4.90 Å². The predicted octanol–water partition coefficient (Wildman–Crippen LogP) is 1.58. The Balaban J connectivity index is 1.58. The van der Waals surface area contributed by atoms with Crippen molar-refractivity contribution < 1.29 is 18.7 Å². The second-order valence-electron chi connectivity index (χ2n) is 6.58. The maximum Gasteiger partial charge on any atom is 0.253 e. The highest BCUT2D eigenvalue weighted by atomic mass is 19.1. The molecule has 25 heavy (non-hydrogen) atoms. The molecule has 0 aromatic heterocycles. The minimum absolute atomic E-state index is 0.0192. The van der Waals surface area contributed by atoms with Gasteiger partial charge in [0, 0.05) is 18.7 Å². The molecule has 0 saturated carbocycles. The first kappa shape index (κ1) is 17.4. The fourth-order valence-electron chi connectivity index (χ4n) is 3.62. The van der Waals surface area contributed by atoms with Crippen LogP contribution in [0.2, 0.25) is 0 Å². The quantitative estimate of drug-likeness (QED) is 0.899. The number of carbonyl (C=O) groups is 2. The van der Waals surface area contributed by atoms with Crippen LogP contribution in [0.4, 0.5) is 4.39 Å². The van der Waals surface area contributed by atoms with Gasteiger partial charge in [-0.05, 0) is 49.8 Å². The molecule has 2 N–H and O–H groups in total. The third kappa shape index (κ3) is 3.64. The van der Waals surface area contributed by atoms with Crippen LogP contribution >= 0.6 is 0 Å². The van der Waals surface area contributed by atoms with E-state index in [9.17, 15) is 14.0 Å². The summed E-state index contributed by atoms with van der Waals surface area (Å²) in [5, 5.41) is 8.89. The second-order valence-corrected chi connectivity index (χ2v) is 6.58. The summed E-state index contributed by atoms with van der Waals surface area (Å²) in [7, 11) is 0. The van der Waals surface area contributed by atoms with Crippen molar-refractivity contribution in [3.05, 3.63) is 35.1 Å². The van der Waals surface area contributed by atoms with Crippen LogP contribution in [0, 0.1) is 23.1 Å². The van der Waals surface area contributed by atoms with Crippen molar-refractivity contribution in [3.8, 4) is 6.07 Å². The van der Waals surface area contributed by atoms with Crippen molar-refractivity contribution in [1.29, 1.82) is 5.26 Å². The van der Waals surface area contributed by atoms with E-state index in [0.29, 0.717) is 31.0 Å². The zero-order valence-electron chi connectivity index (χ0n) is 13.8. The van der Waals surface area contributed by atoms with Gasteiger partial charge in [0.25, 0.3) is 5.91 Å². The van der Waals surface area contributed by atoms with Gasteiger partial charge in [0.05, 0.1) is 11.7 Å². The molecule has 1 aromatic rings. The van der Waals surface area contributed by atoms with Gasteiger partial charge in [-0.15, -0.1) is 0 Å². The van der Waals surface area contributed by atoms with Gasteiger partial charge < -0.3 is 15.4 Å². The molecule has 1 aromatic carbocycles. The van der Waals surface area contributed by atoms with Crippen LogP contribution < -0.4 is 5.73 Å². The predicted molar refractivity (Wildman–Crippen MR) is 86.8 cm³/mol. The molecule has 2 atom stereocenters. The summed E-state index contributed by atoms with van der Waals surface area (Å²) in [5.41, 5.74) is 5.48. The molecule has 3 rings (SSSR count). The average molecular weight is 345 g/mol. The zero-order chi connectivity index (χ0) is 18.0. The number of nitrogens with zero attached hydrogens (tertiary/aromatic N) is 2. The Labute approximate surface area is 145 Å². The number of rotatable bonds is 3. The number of nitriles is 1. The van der Waals surface area contributed by atoms with Gasteiger partial charge in [-0.2, -0.15) is 5.26 Å². The largest absolute Gasteiger partial charge is 0.367 e. The van der Waals surface area contributed by atoms with Crippen LogP contribution in [-0.4, -0.2) is 42.0 Å². The number of primary amides is 1. The van der Waals surface area contributed by atoms with Gasteiger partial charge >= 0.3 is 0 Å². The molecule has 0 aliphatic carbocycles. The molecule has 2 saturated heterocycles. The highest BCUT2D eigenvalue weighted by Gasteiger charge is 2.36. The monoisotopic (exact) mass is 345 g/mol. The first-order valence-corrected chi connectivity index (χ1v) is 8.43. The fourth-order valence-corrected chi connectivity index (χ4v) is 3.62. The van der Waals surface area contributed by atoms with E-state index < -0.39 is 17.8 Å². The molecule has 132 valence electrons. The number of amides is 2. The lowest BCUT2D eigenvalue weighted by Crippen LogP contribution is -2.41. The molecule has 2 fully saturated rings. The molecule has 0 bridgehead atoms. The molecule has 2 aliphatic heterocycles. The lowest BCUT2D eigenvalue weighted by molar-refractivity contribution is -0.130. The van der Waals surface area contributed by atoms with Gasteiger partial charge in [-0.3, -0.25) is 9.59 Å². The Hall–Kier alpha value is -2.46. The molecule has 0 radical (unpaired) electrons. The van der Waals surface area contributed by atoms with Crippen molar-refractivity contribution in [2.75, 3.05) is 13.1 Å². The Bertz CT molecular complexity index is 723. The summed E-state index contributed by atoms with van der Waals surface area (Å²) >= 11 is 0. The van der Waals surface area contributed by atoms with Crippen LogP contribution in [0.3, 0.4) is 0 Å². The van der Waals surface area contributed by atoms with E-state index >= 15 is 0 Å². The maximum absolute atomic E-state index is 13.4. The number of hydrogen-bond donors (Lipinski definition) is 1. The van der Waals surface area contributed by atoms with Gasteiger partial charge in [-0.25, -0.2) is 4.39 Å². The summed E-state index contributed by atoms with van der Waals surface area (Å²) in [5.74, 6) is -0.937. The van der Waals surface area contributed by atoms with Crippen molar-refractivity contribution >= 4 is 11.8 Å². The number of carbonyl (C=O) groups excluding carboxylic acids is 2. The van der Waals surface area contributed by atoms with Gasteiger partial charge in [-0.1, -0.05) is 0 Å². The van der Waals surface area contributed by atoms with E-state index in [1.807, 2.05) is 0 Å². The highest BCUT2D eigenvalue weighted by Crippen LogP contribution is 2.32. The smallest absolute Gasteiger partial charge is 0.253 e. The SMILES string of the molecule is N#Cc1cc(C(=O)N2CCC([C@@H]3CC[C@H](C(N)=O)O3)CC2)ccc1F. The number of piperidine rings is 1. The Morgan fingerprint density at radius 1 is 1.24 bits per heavy atom. The number of likely N-dealkylation sites (tertiary alicyclic amines) is 1. The molecular weight excluding hydrogens is 325 g/mol. The van der Waals surface area contributed by atoms with Crippen LogP contribution in [-0.2, 0) is 9.53 Å². The zero-order valence-corrected chi connectivity index (χ0v) is 13.8. The number of ether oxygens (including phenoxy) is 1. The standard InChI is InChI=1S/C18H20FN3O3/c19-14-2-1-12(9-13(14)10-20)18(24)22-7-5-11(6-8-22)15-3-4-16(25-15)17(21)23/h1-2,9,11,15-16H,3-8H2,(H2,21,23)/t15-,16+/m0/s1. The molecule has 7 heteroatoms. The normalized spacial score (nSPS) is 24.1. The Morgan fingerprint density at radius 2 is 1.96 bits per heavy atom. The third-order valence-corrected chi connectivity index (χ3v) is 5.06. The average Bonchev–Trinajstić information content (AvgIpc) is 3.12. The van der Waals surface area contributed by atoms with E-state index in [1.165, 1.54) is 12.1 Å². The van der Waals surface area contributed by atoms with E-state index in [-0.39, 0.29) is 17.6 Å². The lowest BCUT2D eigenvalue weighted by Gasteiger charge is -2.34. The molecule has 2 heterocycles. The highest BCUT2D eigenvalue weighted by molar-refractivity contribution is 5.94. The van der Waals surface area contributed by atoms with E-state index in [2.05, 4.69) is 0 Å². The number of halogens is 1. The van der Waals surface area contributed by atoms with Crippen LogP contribution in [0.25, 0.3) is 0 Å². The van der Waals surface area contributed by atoms with Crippen LogP contribution in [0.1, 0.15) is 41.6 Å². The summed E-state index contributed by atoms with van der Waals surface area (Å²) in [6, 6.07) is 5.60. The summed E-state index contributed by atoms with van der Waals surface area (Å²) in [6.07, 6.45) is 2.57. The summed E-state index contributed by atoms with van der Waals surface area (Å²) < 4.78 is 19.1. The topological polar surface area (TPSA) is 96.4 Å². The Morgan fingerprint density at radius 3 is 2.56 bits per heavy atom. The van der Waals surface area contributed by atoms with E-state index in [1.54, 1.807) is 11.0 Å². The van der Waals surface area contributed by atoms with E-state index in [4.69, 9.17) is 15.7 Å². The molecule has 2 aliphatic rings. The Kier molecular flexibility index (Phi) is 5.00. The van der Waals surface area contributed by atoms with Crippen molar-refractivity contribution in [3.63, 3.8) is 0 Å². The fraction of sp³-hybridized carbons (Fsp3) is 0.500. The first-order chi connectivity index (χ1) is 12.0. The second kappa shape index (κ2) is 7.19. The molecular formula is C18H20FN3O3. The molecule has 0 spiro atoms. The third-order valence-electron chi connectivity index (χ3n) is 5.06. The number of benzene rings is 1. The first-order valence-electron chi connectivity index (χ1n) is 8.43. The van der Waals surface area contributed by atoms with Crippen LogP contribution in [0.5, 0.6) is 0 Å². The minimum atomic E-state index is -0.625. The molecule has 6 nitrogen and oxygen atoms in total. The summed E-state index contributed by atoms with van der Waals surface area (Å²) in [4.78, 5) is 25.5. The van der Waals surface area contributed by atoms with Gasteiger partial charge in [0.1, 0.15) is 18.0 Å². The van der Waals surface area contributed by atoms with Gasteiger partial charge in [0.2, 0.25) is 5.91 Å². The maximum atomic E-state index is 13.4. The van der Waals surface area contributed by atoms with Crippen molar-refractivity contribution in [2.45, 2.75) is 37.9 Å². The number of nitrogens with two attached hydrogens (primary N) is 1. The molecule has 2 amide bonds. The van der Waals surface area contributed by atoms with Crippen molar-refractivity contribution in [2.24, 2.45) is 11.7 Å². The molecule has 0 unspecified atom stereocenters. The van der Waals surface area contributed by atoms with Gasteiger partial charge in [0.15, 0.2) is 0 Å². The summed E-state index contributed by atoms with van der Waals surface area (Å²) in [6.45, 7) is 1.15.